The zero-order valence-corrected chi connectivity index (χ0v) is 16.3. The summed E-state index contributed by atoms with van der Waals surface area (Å²) in [7, 11) is -3.19. The van der Waals surface area contributed by atoms with Crippen molar-refractivity contribution in [3.8, 4) is 0 Å². The molecule has 0 unspecified atom stereocenters. The van der Waals surface area contributed by atoms with Gasteiger partial charge in [0.25, 0.3) is 0 Å². The first-order valence-electron chi connectivity index (χ1n) is 8.11. The molecule has 2 amide bonds. The van der Waals surface area contributed by atoms with Crippen molar-refractivity contribution < 1.29 is 37.4 Å². The lowest BCUT2D eigenvalue weighted by Gasteiger charge is -2.22. The van der Waals surface area contributed by atoms with Crippen LogP contribution in [0.25, 0.3) is 0 Å². The van der Waals surface area contributed by atoms with E-state index in [9.17, 15) is 22.8 Å². The average molecular weight is 396 g/mol. The van der Waals surface area contributed by atoms with Gasteiger partial charge in [0, 0.05) is 12.8 Å². The van der Waals surface area contributed by atoms with Gasteiger partial charge in [-0.25, -0.2) is 22.8 Å². The van der Waals surface area contributed by atoms with Crippen LogP contribution in [-0.4, -0.2) is 68.5 Å². The quantitative estimate of drug-likeness (QED) is 0.461. The molecule has 0 fully saturated rings. The number of rotatable bonds is 10. The fraction of sp³-hybridized carbons (Fsp3) is 0.800. The molecule has 0 radical (unpaired) electrons. The number of unbranched alkanes of at least 4 members (excludes halogenated alkanes) is 1. The number of amides is 2. The van der Waals surface area contributed by atoms with Crippen LogP contribution in [-0.2, 0) is 24.1 Å². The minimum atomic E-state index is -3.19. The van der Waals surface area contributed by atoms with E-state index >= 15 is 0 Å². The normalized spacial score (nSPS) is 12.8. The van der Waals surface area contributed by atoms with Crippen LogP contribution in [0.15, 0.2) is 0 Å². The third-order valence-corrected chi connectivity index (χ3v) is 3.77. The highest BCUT2D eigenvalue weighted by atomic mass is 32.2. The molecule has 3 N–H and O–H groups in total. The molecule has 0 rings (SSSR count). The summed E-state index contributed by atoms with van der Waals surface area (Å²) in [5.74, 6) is -1.43. The van der Waals surface area contributed by atoms with Gasteiger partial charge in [-0.3, -0.25) is 0 Å². The van der Waals surface area contributed by atoms with Crippen LogP contribution in [0.4, 0.5) is 9.59 Å². The van der Waals surface area contributed by atoms with E-state index in [4.69, 9.17) is 9.84 Å². The maximum absolute atomic E-state index is 11.6. The van der Waals surface area contributed by atoms with E-state index < -0.39 is 39.6 Å². The zero-order valence-electron chi connectivity index (χ0n) is 15.5. The van der Waals surface area contributed by atoms with Gasteiger partial charge < -0.3 is 25.2 Å². The first-order chi connectivity index (χ1) is 11.8. The minimum Gasteiger partial charge on any atom is -0.480 e. The Morgan fingerprint density at radius 3 is 2.23 bits per heavy atom. The highest BCUT2D eigenvalue weighted by Crippen LogP contribution is 2.08. The molecule has 26 heavy (non-hydrogen) atoms. The summed E-state index contributed by atoms with van der Waals surface area (Å²) >= 11 is 0. The summed E-state index contributed by atoms with van der Waals surface area (Å²) in [5.41, 5.74) is -0.728. The molecule has 0 bridgehead atoms. The lowest BCUT2D eigenvalue weighted by Crippen LogP contribution is -2.43. The summed E-state index contributed by atoms with van der Waals surface area (Å²) in [6, 6.07) is -1.09. The van der Waals surface area contributed by atoms with Gasteiger partial charge in [0.1, 0.15) is 18.2 Å². The molecule has 0 aromatic rings. The average Bonchev–Trinajstić information content (AvgIpc) is 2.42. The number of aliphatic carboxylic acids is 1. The lowest BCUT2D eigenvalue weighted by molar-refractivity contribution is -0.139. The van der Waals surface area contributed by atoms with E-state index in [1.807, 2.05) is 0 Å². The number of carboxylic acid groups (broad SMARTS) is 1. The Hall–Kier alpha value is -2.04. The Morgan fingerprint density at radius 2 is 1.73 bits per heavy atom. The van der Waals surface area contributed by atoms with Crippen LogP contribution in [0, 0.1) is 0 Å². The molecule has 0 saturated carbocycles. The molecular formula is C15H28N2O8S. The topological polar surface area (TPSA) is 148 Å². The van der Waals surface area contributed by atoms with Crippen LogP contribution in [0.3, 0.4) is 0 Å². The van der Waals surface area contributed by atoms with E-state index in [0.717, 1.165) is 6.26 Å². The maximum Gasteiger partial charge on any atom is 0.408 e. The van der Waals surface area contributed by atoms with Gasteiger partial charge in [0.15, 0.2) is 9.84 Å². The molecule has 0 aliphatic heterocycles. The third kappa shape index (κ3) is 14.3. The Kier molecular flexibility index (Phi) is 9.99. The van der Waals surface area contributed by atoms with Crippen molar-refractivity contribution in [3.05, 3.63) is 0 Å². The number of nitrogens with one attached hydrogen (secondary N) is 2. The fourth-order valence-electron chi connectivity index (χ4n) is 1.71. The molecule has 11 heteroatoms. The molecule has 0 aliphatic rings. The SMILES string of the molecule is CC(C)(C)OC(=O)N[C@@H](CCCCNC(=O)OCCS(C)(=O)=O)C(=O)O. The Bertz CT molecular complexity index is 583. The largest absolute Gasteiger partial charge is 0.480 e. The van der Waals surface area contributed by atoms with Gasteiger partial charge in [-0.2, -0.15) is 0 Å². The van der Waals surface area contributed by atoms with E-state index in [-0.39, 0.29) is 25.3 Å². The van der Waals surface area contributed by atoms with Crippen molar-refractivity contribution in [2.24, 2.45) is 0 Å². The highest BCUT2D eigenvalue weighted by molar-refractivity contribution is 7.90. The number of alkyl carbamates (subject to hydrolysis) is 2. The van der Waals surface area contributed by atoms with Crippen LogP contribution in [0.1, 0.15) is 40.0 Å². The molecule has 0 aromatic carbocycles. The molecule has 0 heterocycles. The molecule has 1 atom stereocenters. The Balaban J connectivity index is 4.02. The van der Waals surface area contributed by atoms with E-state index in [1.165, 1.54) is 0 Å². The molecular weight excluding hydrogens is 368 g/mol. The Labute approximate surface area is 153 Å². The van der Waals surface area contributed by atoms with Crippen molar-refractivity contribution in [2.45, 2.75) is 51.7 Å². The second-order valence-corrected chi connectivity index (χ2v) is 8.99. The van der Waals surface area contributed by atoms with E-state index in [2.05, 4.69) is 15.4 Å². The van der Waals surface area contributed by atoms with Gasteiger partial charge in [0.05, 0.1) is 5.75 Å². The molecule has 10 nitrogen and oxygen atoms in total. The second-order valence-electron chi connectivity index (χ2n) is 6.73. The van der Waals surface area contributed by atoms with Crippen LogP contribution < -0.4 is 10.6 Å². The van der Waals surface area contributed by atoms with Crippen LogP contribution in [0.2, 0.25) is 0 Å². The van der Waals surface area contributed by atoms with Crippen molar-refractivity contribution in [1.29, 1.82) is 0 Å². The first-order valence-corrected chi connectivity index (χ1v) is 10.2. The summed E-state index contributed by atoms with van der Waals surface area (Å²) in [6.45, 7) is 5.01. The summed E-state index contributed by atoms with van der Waals surface area (Å²) in [4.78, 5) is 34.1. The van der Waals surface area contributed by atoms with Gasteiger partial charge in [-0.1, -0.05) is 0 Å². The predicted molar refractivity (Wildman–Crippen MR) is 93.7 cm³/mol. The van der Waals surface area contributed by atoms with E-state index in [0.29, 0.717) is 12.8 Å². The van der Waals surface area contributed by atoms with Crippen LogP contribution in [0.5, 0.6) is 0 Å². The Morgan fingerprint density at radius 1 is 1.12 bits per heavy atom. The van der Waals surface area contributed by atoms with Crippen LogP contribution >= 0.6 is 0 Å². The summed E-state index contributed by atoms with van der Waals surface area (Å²) < 4.78 is 31.5. The monoisotopic (exact) mass is 396 g/mol. The smallest absolute Gasteiger partial charge is 0.408 e. The number of carboxylic acids is 1. The standard InChI is InChI=1S/C15H28N2O8S/c1-15(2,3)25-14(21)17-11(12(18)19)7-5-6-8-16-13(20)24-9-10-26(4,22)23/h11H,5-10H2,1-4H3,(H,16,20)(H,17,21)(H,18,19)/t11-/m0/s1. The number of carbonyl (C=O) groups is 3. The highest BCUT2D eigenvalue weighted by Gasteiger charge is 2.23. The van der Waals surface area contributed by atoms with Gasteiger partial charge in [-0.05, 0) is 40.0 Å². The summed E-state index contributed by atoms with van der Waals surface area (Å²) in [6.07, 6.45) is 0.544. The van der Waals surface area contributed by atoms with Gasteiger partial charge >= 0.3 is 18.2 Å². The number of carbonyl (C=O) groups excluding carboxylic acids is 2. The zero-order chi connectivity index (χ0) is 20.4. The van der Waals surface area contributed by atoms with Gasteiger partial charge in [0.2, 0.25) is 0 Å². The molecule has 0 saturated heterocycles. The van der Waals surface area contributed by atoms with E-state index in [1.54, 1.807) is 20.8 Å². The number of hydrogen-bond acceptors (Lipinski definition) is 7. The summed E-state index contributed by atoms with van der Waals surface area (Å²) in [5, 5.41) is 13.8. The number of sulfone groups is 1. The first kappa shape index (κ1) is 24.0. The van der Waals surface area contributed by atoms with Crippen molar-refractivity contribution in [3.63, 3.8) is 0 Å². The molecule has 0 aromatic heterocycles. The fourth-order valence-corrected chi connectivity index (χ4v) is 2.09. The lowest BCUT2D eigenvalue weighted by atomic mass is 10.1. The van der Waals surface area contributed by atoms with Gasteiger partial charge in [-0.15, -0.1) is 0 Å². The number of hydrogen-bond donors (Lipinski definition) is 3. The molecule has 0 spiro atoms. The van der Waals surface area contributed by atoms with Crippen molar-refractivity contribution in [2.75, 3.05) is 25.2 Å². The molecule has 152 valence electrons. The molecule has 0 aliphatic carbocycles. The number of ether oxygens (including phenoxy) is 2. The van der Waals surface area contributed by atoms with Crippen molar-refractivity contribution in [1.82, 2.24) is 10.6 Å². The maximum atomic E-state index is 11.6. The van der Waals surface area contributed by atoms with Crippen molar-refractivity contribution >= 4 is 28.0 Å². The predicted octanol–water partition coefficient (Wildman–Crippen LogP) is 0.905. The minimum absolute atomic E-state index is 0.166. The third-order valence-electron chi connectivity index (χ3n) is 2.87. The second kappa shape index (κ2) is 10.8.